The van der Waals surface area contributed by atoms with Crippen LogP contribution in [-0.2, 0) is 4.74 Å². The third-order valence-corrected chi connectivity index (χ3v) is 2.17. The molecule has 0 bridgehead atoms. The first kappa shape index (κ1) is 9.92. The van der Waals surface area contributed by atoms with Crippen molar-refractivity contribution in [2.75, 3.05) is 6.61 Å². The molecule has 5 nitrogen and oxygen atoms in total. The van der Waals surface area contributed by atoms with Gasteiger partial charge in [0.2, 0.25) is 0 Å². The molecule has 2 rings (SSSR count). The fourth-order valence-corrected chi connectivity index (χ4v) is 1.42. The van der Waals surface area contributed by atoms with E-state index in [0.717, 1.165) is 0 Å². The molecule has 2 aromatic heterocycles. The Morgan fingerprint density at radius 1 is 1.60 bits per heavy atom. The SMILES string of the molecule is CCOC(=O)c1cc2c(Cl)ncnc2[nH]1. The number of halogens is 1. The van der Waals surface area contributed by atoms with Crippen molar-refractivity contribution in [2.45, 2.75) is 6.92 Å². The summed E-state index contributed by atoms with van der Waals surface area (Å²) in [6.07, 6.45) is 1.33. The molecule has 2 heterocycles. The highest BCUT2D eigenvalue weighted by atomic mass is 35.5. The van der Waals surface area contributed by atoms with Gasteiger partial charge < -0.3 is 9.72 Å². The smallest absolute Gasteiger partial charge is 0.354 e. The van der Waals surface area contributed by atoms with Gasteiger partial charge in [0.15, 0.2) is 0 Å². The van der Waals surface area contributed by atoms with Crippen LogP contribution in [0.2, 0.25) is 5.15 Å². The number of nitrogens with zero attached hydrogens (tertiary/aromatic N) is 2. The molecule has 0 amide bonds. The Kier molecular flexibility index (Phi) is 2.55. The molecule has 0 spiro atoms. The summed E-state index contributed by atoms with van der Waals surface area (Å²) in [6, 6.07) is 1.58. The van der Waals surface area contributed by atoms with Gasteiger partial charge in [0, 0.05) is 0 Å². The Bertz CT molecular complexity index is 509. The van der Waals surface area contributed by atoms with E-state index in [1.807, 2.05) is 0 Å². The molecule has 0 aromatic carbocycles. The van der Waals surface area contributed by atoms with E-state index in [2.05, 4.69) is 15.0 Å². The third-order valence-electron chi connectivity index (χ3n) is 1.87. The third kappa shape index (κ3) is 1.78. The van der Waals surface area contributed by atoms with E-state index in [1.165, 1.54) is 6.33 Å². The normalized spacial score (nSPS) is 10.5. The molecule has 0 atom stereocenters. The Labute approximate surface area is 90.4 Å². The number of nitrogens with one attached hydrogen (secondary N) is 1. The molecule has 0 aliphatic rings. The fourth-order valence-electron chi connectivity index (χ4n) is 1.23. The van der Waals surface area contributed by atoms with Crippen molar-refractivity contribution in [3.63, 3.8) is 0 Å². The zero-order chi connectivity index (χ0) is 10.8. The number of ether oxygens (including phenoxy) is 1. The second-order valence-electron chi connectivity index (χ2n) is 2.83. The maximum atomic E-state index is 11.4. The minimum absolute atomic E-state index is 0.312. The first-order valence-electron chi connectivity index (χ1n) is 4.38. The van der Waals surface area contributed by atoms with Crippen LogP contribution in [0.5, 0.6) is 0 Å². The number of hydrogen-bond donors (Lipinski definition) is 1. The van der Waals surface area contributed by atoms with Crippen LogP contribution in [0.4, 0.5) is 0 Å². The fraction of sp³-hybridized carbons (Fsp3) is 0.222. The lowest BCUT2D eigenvalue weighted by molar-refractivity contribution is 0.0520. The summed E-state index contributed by atoms with van der Waals surface area (Å²) in [6.45, 7) is 2.07. The predicted molar refractivity (Wildman–Crippen MR) is 54.9 cm³/mol. The van der Waals surface area contributed by atoms with Gasteiger partial charge in [-0.2, -0.15) is 0 Å². The number of carbonyl (C=O) groups is 1. The minimum Gasteiger partial charge on any atom is -0.461 e. The lowest BCUT2D eigenvalue weighted by Crippen LogP contribution is -2.04. The number of esters is 1. The number of rotatable bonds is 2. The Morgan fingerprint density at radius 2 is 2.40 bits per heavy atom. The Hall–Kier alpha value is -1.62. The topological polar surface area (TPSA) is 67.9 Å². The molecule has 15 heavy (non-hydrogen) atoms. The van der Waals surface area contributed by atoms with E-state index in [9.17, 15) is 4.79 Å². The molecular formula is C9H8ClN3O2. The molecule has 0 fully saturated rings. The summed E-state index contributed by atoms with van der Waals surface area (Å²) in [5, 5.41) is 0.925. The van der Waals surface area contributed by atoms with Crippen LogP contribution in [0.25, 0.3) is 11.0 Å². The molecular weight excluding hydrogens is 218 g/mol. The Balaban J connectivity index is 2.47. The largest absolute Gasteiger partial charge is 0.461 e. The molecule has 78 valence electrons. The number of fused-ring (bicyclic) bond motifs is 1. The standard InChI is InChI=1S/C9H8ClN3O2/c1-2-15-9(14)6-3-5-7(10)11-4-12-8(5)13-6/h3-4H,2H2,1H3,(H,11,12,13). The van der Waals surface area contributed by atoms with Crippen molar-refractivity contribution in [2.24, 2.45) is 0 Å². The number of hydrogen-bond acceptors (Lipinski definition) is 4. The molecule has 6 heteroatoms. The average molecular weight is 226 g/mol. The zero-order valence-corrected chi connectivity index (χ0v) is 8.71. The van der Waals surface area contributed by atoms with Crippen LogP contribution in [0.1, 0.15) is 17.4 Å². The van der Waals surface area contributed by atoms with Crippen LogP contribution in [0.3, 0.4) is 0 Å². The number of carbonyl (C=O) groups excluding carboxylic acids is 1. The van der Waals surface area contributed by atoms with Crippen LogP contribution >= 0.6 is 11.6 Å². The van der Waals surface area contributed by atoms with E-state index in [4.69, 9.17) is 16.3 Å². The maximum Gasteiger partial charge on any atom is 0.354 e. The summed E-state index contributed by atoms with van der Waals surface area (Å²) in [5.74, 6) is -0.424. The van der Waals surface area contributed by atoms with Gasteiger partial charge in [-0.1, -0.05) is 11.6 Å². The lowest BCUT2D eigenvalue weighted by atomic mass is 10.3. The van der Waals surface area contributed by atoms with E-state index in [-0.39, 0.29) is 0 Å². The van der Waals surface area contributed by atoms with E-state index < -0.39 is 5.97 Å². The predicted octanol–water partition coefficient (Wildman–Crippen LogP) is 1.79. The number of H-pyrrole nitrogens is 1. The van der Waals surface area contributed by atoms with Crippen LogP contribution in [0, 0.1) is 0 Å². The molecule has 0 saturated heterocycles. The quantitative estimate of drug-likeness (QED) is 0.625. The van der Waals surface area contributed by atoms with Gasteiger partial charge in [-0.15, -0.1) is 0 Å². The molecule has 0 saturated carbocycles. The number of aromatic nitrogens is 3. The summed E-state index contributed by atoms with van der Waals surface area (Å²) in [4.78, 5) is 21.9. The zero-order valence-electron chi connectivity index (χ0n) is 7.95. The van der Waals surface area contributed by atoms with Gasteiger partial charge in [0.25, 0.3) is 0 Å². The highest BCUT2D eigenvalue weighted by molar-refractivity contribution is 6.34. The summed E-state index contributed by atoms with van der Waals surface area (Å²) in [5.41, 5.74) is 0.854. The second-order valence-corrected chi connectivity index (χ2v) is 3.19. The van der Waals surface area contributed by atoms with E-state index in [0.29, 0.717) is 28.5 Å². The molecule has 1 N–H and O–H groups in total. The van der Waals surface area contributed by atoms with Crippen molar-refractivity contribution in [3.8, 4) is 0 Å². The summed E-state index contributed by atoms with van der Waals surface area (Å²) >= 11 is 5.83. The van der Waals surface area contributed by atoms with Crippen molar-refractivity contribution < 1.29 is 9.53 Å². The number of aromatic amines is 1. The molecule has 0 radical (unpaired) electrons. The molecule has 0 aliphatic carbocycles. The Morgan fingerprint density at radius 3 is 3.07 bits per heavy atom. The average Bonchev–Trinajstić information content (AvgIpc) is 2.63. The van der Waals surface area contributed by atoms with Crippen molar-refractivity contribution in [1.82, 2.24) is 15.0 Å². The second kappa shape index (κ2) is 3.86. The minimum atomic E-state index is -0.424. The summed E-state index contributed by atoms with van der Waals surface area (Å²) in [7, 11) is 0. The van der Waals surface area contributed by atoms with Gasteiger partial charge in [-0.25, -0.2) is 14.8 Å². The van der Waals surface area contributed by atoms with Crippen LogP contribution < -0.4 is 0 Å². The first-order chi connectivity index (χ1) is 7.22. The van der Waals surface area contributed by atoms with Crippen molar-refractivity contribution in [1.29, 1.82) is 0 Å². The molecule has 0 aliphatic heterocycles. The van der Waals surface area contributed by atoms with E-state index in [1.54, 1.807) is 13.0 Å². The van der Waals surface area contributed by atoms with Crippen LogP contribution in [-0.4, -0.2) is 27.5 Å². The molecule has 0 unspecified atom stereocenters. The van der Waals surface area contributed by atoms with E-state index >= 15 is 0 Å². The molecule has 2 aromatic rings. The van der Waals surface area contributed by atoms with Gasteiger partial charge >= 0.3 is 5.97 Å². The summed E-state index contributed by atoms with van der Waals surface area (Å²) < 4.78 is 4.84. The van der Waals surface area contributed by atoms with Gasteiger partial charge in [-0.05, 0) is 13.0 Å². The lowest BCUT2D eigenvalue weighted by Gasteiger charge is -1.96. The van der Waals surface area contributed by atoms with Crippen molar-refractivity contribution >= 4 is 28.6 Å². The highest BCUT2D eigenvalue weighted by Crippen LogP contribution is 2.20. The monoisotopic (exact) mass is 225 g/mol. The van der Waals surface area contributed by atoms with Gasteiger partial charge in [-0.3, -0.25) is 0 Å². The van der Waals surface area contributed by atoms with Gasteiger partial charge in [0.05, 0.1) is 12.0 Å². The highest BCUT2D eigenvalue weighted by Gasteiger charge is 2.12. The first-order valence-corrected chi connectivity index (χ1v) is 4.76. The van der Waals surface area contributed by atoms with Crippen LogP contribution in [0.15, 0.2) is 12.4 Å². The maximum absolute atomic E-state index is 11.4. The van der Waals surface area contributed by atoms with Gasteiger partial charge in [0.1, 0.15) is 22.8 Å². The van der Waals surface area contributed by atoms with Crippen molar-refractivity contribution in [3.05, 3.63) is 23.2 Å².